The number of hydrogen-bond acceptors (Lipinski definition) is 3. The van der Waals surface area contributed by atoms with E-state index in [0.29, 0.717) is 4.47 Å². The van der Waals surface area contributed by atoms with E-state index in [0.717, 1.165) is 4.90 Å². The second-order valence-electron chi connectivity index (χ2n) is 4.66. The molecule has 0 spiro atoms. The molecule has 0 unspecified atom stereocenters. The molecule has 0 saturated carbocycles. The van der Waals surface area contributed by atoms with Crippen molar-refractivity contribution in [2.24, 2.45) is 11.8 Å². The fourth-order valence-corrected chi connectivity index (χ4v) is 2.45. The van der Waals surface area contributed by atoms with E-state index in [1.165, 1.54) is 18.3 Å². The largest absolute Gasteiger partial charge is 0.481 e. The summed E-state index contributed by atoms with van der Waals surface area (Å²) in [5, 5.41) is 8.89. The minimum Gasteiger partial charge on any atom is -0.481 e. The van der Waals surface area contributed by atoms with Crippen molar-refractivity contribution in [1.29, 1.82) is 0 Å². The maximum Gasteiger partial charge on any atom is 0.394 e. The Bertz CT molecular complexity index is 562. The first kappa shape index (κ1) is 15.7. The summed E-state index contributed by atoms with van der Waals surface area (Å²) in [6.07, 6.45) is -3.32. The van der Waals surface area contributed by atoms with Crippen molar-refractivity contribution < 1.29 is 27.9 Å². The van der Waals surface area contributed by atoms with Gasteiger partial charge in [-0.25, -0.2) is 4.98 Å². The molecule has 1 N–H and O–H groups in total. The van der Waals surface area contributed by atoms with Crippen LogP contribution in [0.25, 0.3) is 0 Å². The number of pyridine rings is 1. The SMILES string of the molecule is O=C(O)[C@@H]1CN(C(=O)c2ccc(Br)cn2)C[C@H]1C(F)(F)F. The summed E-state index contributed by atoms with van der Waals surface area (Å²) in [7, 11) is 0. The lowest BCUT2D eigenvalue weighted by Gasteiger charge is -2.18. The van der Waals surface area contributed by atoms with E-state index < -0.39 is 43.0 Å². The number of nitrogens with zero attached hydrogens (tertiary/aromatic N) is 2. The van der Waals surface area contributed by atoms with Crippen LogP contribution < -0.4 is 0 Å². The maximum atomic E-state index is 12.8. The van der Waals surface area contributed by atoms with Gasteiger partial charge >= 0.3 is 12.1 Å². The van der Waals surface area contributed by atoms with Crippen molar-refractivity contribution in [3.8, 4) is 0 Å². The van der Waals surface area contributed by atoms with Gasteiger partial charge in [-0.05, 0) is 28.1 Å². The Hall–Kier alpha value is -1.64. The molecule has 1 aromatic heterocycles. The predicted octanol–water partition coefficient (Wildman–Crippen LogP) is 2.18. The highest BCUT2D eigenvalue weighted by Crippen LogP contribution is 2.38. The number of carboxylic acid groups (broad SMARTS) is 1. The highest BCUT2D eigenvalue weighted by Gasteiger charge is 2.53. The zero-order valence-electron chi connectivity index (χ0n) is 10.5. The van der Waals surface area contributed by atoms with Crippen LogP contribution in [-0.4, -0.2) is 46.1 Å². The molecule has 0 radical (unpaired) electrons. The lowest BCUT2D eigenvalue weighted by Crippen LogP contribution is -2.34. The molecule has 5 nitrogen and oxygen atoms in total. The Morgan fingerprint density at radius 1 is 1.33 bits per heavy atom. The summed E-state index contributed by atoms with van der Waals surface area (Å²) in [6.45, 7) is -1.15. The lowest BCUT2D eigenvalue weighted by molar-refractivity contribution is -0.187. The minimum absolute atomic E-state index is 0.0230. The molecule has 1 amide bonds. The highest BCUT2D eigenvalue weighted by atomic mass is 79.9. The van der Waals surface area contributed by atoms with Crippen molar-refractivity contribution >= 4 is 27.8 Å². The van der Waals surface area contributed by atoms with Crippen LogP contribution in [0.3, 0.4) is 0 Å². The summed E-state index contributed by atoms with van der Waals surface area (Å²) in [5.74, 6) is -5.98. The molecule has 2 atom stereocenters. The van der Waals surface area contributed by atoms with Gasteiger partial charge in [-0.15, -0.1) is 0 Å². The van der Waals surface area contributed by atoms with Crippen LogP contribution in [0, 0.1) is 11.8 Å². The molecule has 9 heteroatoms. The van der Waals surface area contributed by atoms with E-state index in [4.69, 9.17) is 5.11 Å². The third-order valence-corrected chi connectivity index (χ3v) is 3.76. The van der Waals surface area contributed by atoms with Crippen molar-refractivity contribution in [2.45, 2.75) is 6.18 Å². The van der Waals surface area contributed by atoms with E-state index in [2.05, 4.69) is 20.9 Å². The summed E-state index contributed by atoms with van der Waals surface area (Å²) in [6, 6.07) is 2.90. The van der Waals surface area contributed by atoms with Gasteiger partial charge in [0.1, 0.15) is 5.69 Å². The Balaban J connectivity index is 2.20. The van der Waals surface area contributed by atoms with E-state index in [9.17, 15) is 22.8 Å². The maximum absolute atomic E-state index is 12.8. The number of carbonyl (C=O) groups is 2. The molecule has 1 aliphatic heterocycles. The van der Waals surface area contributed by atoms with E-state index >= 15 is 0 Å². The van der Waals surface area contributed by atoms with Crippen molar-refractivity contribution in [1.82, 2.24) is 9.88 Å². The van der Waals surface area contributed by atoms with E-state index in [1.807, 2.05) is 0 Å². The monoisotopic (exact) mass is 366 g/mol. The Kier molecular flexibility index (Phi) is 4.22. The number of carbonyl (C=O) groups excluding carboxylic acids is 1. The van der Waals surface area contributed by atoms with Crippen LogP contribution in [0.1, 0.15) is 10.5 Å². The number of likely N-dealkylation sites (tertiary alicyclic amines) is 1. The molecule has 0 bridgehead atoms. The van der Waals surface area contributed by atoms with Gasteiger partial charge in [0.05, 0.1) is 11.8 Å². The van der Waals surface area contributed by atoms with Crippen LogP contribution in [0.4, 0.5) is 13.2 Å². The zero-order chi connectivity index (χ0) is 15.8. The average Bonchev–Trinajstić information content (AvgIpc) is 2.84. The molecule has 1 saturated heterocycles. The van der Waals surface area contributed by atoms with Crippen LogP contribution in [0.5, 0.6) is 0 Å². The minimum atomic E-state index is -4.66. The number of aliphatic carboxylic acids is 1. The summed E-state index contributed by atoms with van der Waals surface area (Å²) in [5.41, 5.74) is -0.0230. The summed E-state index contributed by atoms with van der Waals surface area (Å²) >= 11 is 3.13. The van der Waals surface area contributed by atoms with Gasteiger partial charge in [0.25, 0.3) is 5.91 Å². The van der Waals surface area contributed by atoms with Crippen LogP contribution in [0.15, 0.2) is 22.8 Å². The number of alkyl halides is 3. The number of halogens is 4. The predicted molar refractivity (Wildman–Crippen MR) is 68.5 cm³/mol. The van der Waals surface area contributed by atoms with E-state index in [-0.39, 0.29) is 5.69 Å². The van der Waals surface area contributed by atoms with Crippen LogP contribution in [0.2, 0.25) is 0 Å². The quantitative estimate of drug-likeness (QED) is 0.870. The number of aromatic nitrogens is 1. The first-order valence-electron chi connectivity index (χ1n) is 5.90. The van der Waals surface area contributed by atoms with Crippen molar-refractivity contribution in [3.05, 3.63) is 28.5 Å². The van der Waals surface area contributed by atoms with Gasteiger partial charge in [0.15, 0.2) is 0 Å². The standard InChI is InChI=1S/C12H10BrF3N2O3/c13-6-1-2-9(17-3-6)10(19)18-4-7(11(20)21)8(5-18)12(14,15)16/h1-3,7-8H,4-5H2,(H,20,21)/t7-,8-/m1/s1. The number of carboxylic acids is 1. The van der Waals surface area contributed by atoms with Gasteiger partial charge in [0, 0.05) is 23.8 Å². The summed E-state index contributed by atoms with van der Waals surface area (Å²) < 4.78 is 39.1. The van der Waals surface area contributed by atoms with Gasteiger partial charge in [-0.1, -0.05) is 0 Å². The molecule has 0 aliphatic carbocycles. The van der Waals surface area contributed by atoms with Gasteiger partial charge < -0.3 is 10.0 Å². The van der Waals surface area contributed by atoms with Gasteiger partial charge in [-0.3, -0.25) is 9.59 Å². The molecular weight excluding hydrogens is 357 g/mol. The molecule has 1 fully saturated rings. The molecule has 21 heavy (non-hydrogen) atoms. The third-order valence-electron chi connectivity index (χ3n) is 3.29. The molecule has 114 valence electrons. The third kappa shape index (κ3) is 3.34. The Labute approximate surface area is 125 Å². The topological polar surface area (TPSA) is 70.5 Å². The number of amides is 1. The van der Waals surface area contributed by atoms with Crippen molar-refractivity contribution in [3.63, 3.8) is 0 Å². The molecular formula is C12H10BrF3N2O3. The molecule has 0 aromatic carbocycles. The van der Waals surface area contributed by atoms with Crippen LogP contribution in [-0.2, 0) is 4.79 Å². The normalized spacial score (nSPS) is 22.4. The van der Waals surface area contributed by atoms with E-state index in [1.54, 1.807) is 0 Å². The average molecular weight is 367 g/mol. The first-order chi connectivity index (χ1) is 9.70. The Morgan fingerprint density at radius 3 is 2.43 bits per heavy atom. The fraction of sp³-hybridized carbons (Fsp3) is 0.417. The second kappa shape index (κ2) is 5.63. The molecule has 1 aromatic rings. The molecule has 1 aliphatic rings. The first-order valence-corrected chi connectivity index (χ1v) is 6.70. The van der Waals surface area contributed by atoms with Crippen LogP contribution >= 0.6 is 15.9 Å². The Morgan fingerprint density at radius 2 is 2.00 bits per heavy atom. The number of rotatable bonds is 2. The summed E-state index contributed by atoms with van der Waals surface area (Å²) in [4.78, 5) is 27.7. The zero-order valence-corrected chi connectivity index (χ0v) is 12.1. The molecule has 2 heterocycles. The number of hydrogen-bond donors (Lipinski definition) is 1. The van der Waals surface area contributed by atoms with Gasteiger partial charge in [-0.2, -0.15) is 13.2 Å². The fourth-order valence-electron chi connectivity index (χ4n) is 2.22. The van der Waals surface area contributed by atoms with Crippen molar-refractivity contribution in [2.75, 3.05) is 13.1 Å². The highest BCUT2D eigenvalue weighted by molar-refractivity contribution is 9.10. The molecule has 2 rings (SSSR count). The lowest BCUT2D eigenvalue weighted by atomic mass is 9.96. The van der Waals surface area contributed by atoms with Gasteiger partial charge in [0.2, 0.25) is 0 Å². The smallest absolute Gasteiger partial charge is 0.394 e. The second-order valence-corrected chi connectivity index (χ2v) is 5.58.